The van der Waals surface area contributed by atoms with Crippen LogP contribution in [0.5, 0.6) is 0 Å². The molecule has 0 bridgehead atoms. The Morgan fingerprint density at radius 1 is 1.75 bits per heavy atom. The first-order chi connectivity index (χ1) is 5.75. The molecular weight excluding hydrogens is 168 g/mol. The van der Waals surface area contributed by atoms with E-state index in [2.05, 4.69) is 24.9 Å². The second-order valence-corrected chi connectivity index (χ2v) is 4.54. The molecule has 0 spiro atoms. The van der Waals surface area contributed by atoms with Gasteiger partial charge in [-0.25, -0.2) is 0 Å². The summed E-state index contributed by atoms with van der Waals surface area (Å²) >= 11 is 2.02. The lowest BCUT2D eigenvalue weighted by atomic mass is 10.1. The van der Waals surface area contributed by atoms with Crippen molar-refractivity contribution in [2.75, 3.05) is 18.6 Å². The molecule has 1 rings (SSSR count). The zero-order valence-corrected chi connectivity index (χ0v) is 8.60. The van der Waals surface area contributed by atoms with Crippen LogP contribution in [0.1, 0.15) is 19.8 Å². The van der Waals surface area contributed by atoms with E-state index >= 15 is 0 Å². The average Bonchev–Trinajstić information content (AvgIpc) is 2.55. The number of hydrogen-bond acceptors (Lipinski definition) is 3. The Hall–Kier alpha value is -0.200. The maximum Gasteiger partial charge on any atom is 0.0638 e. The molecule has 0 N–H and O–H groups in total. The molecule has 1 aliphatic rings. The first-order valence-corrected chi connectivity index (χ1v) is 5.57. The zero-order valence-electron chi connectivity index (χ0n) is 7.79. The zero-order chi connectivity index (χ0) is 8.97. The summed E-state index contributed by atoms with van der Waals surface area (Å²) in [5, 5.41) is 8.55. The normalized spacial score (nSPS) is 25.7. The maximum atomic E-state index is 8.55. The topological polar surface area (TPSA) is 27.0 Å². The molecule has 1 fully saturated rings. The van der Waals surface area contributed by atoms with E-state index in [1.54, 1.807) is 0 Å². The molecule has 1 aliphatic heterocycles. The van der Waals surface area contributed by atoms with Crippen molar-refractivity contribution < 1.29 is 0 Å². The van der Waals surface area contributed by atoms with Gasteiger partial charge in [0.05, 0.1) is 12.5 Å². The lowest BCUT2D eigenvalue weighted by Crippen LogP contribution is -2.38. The number of thioether (sulfide) groups is 1. The van der Waals surface area contributed by atoms with E-state index < -0.39 is 0 Å². The lowest BCUT2D eigenvalue weighted by Gasteiger charge is -2.28. The first kappa shape index (κ1) is 9.88. The molecule has 2 unspecified atom stereocenters. The SMILES string of the molecule is CC(CC#N)N(C)C1CCSC1. The third-order valence-corrected chi connectivity index (χ3v) is 3.71. The monoisotopic (exact) mass is 184 g/mol. The van der Waals surface area contributed by atoms with E-state index in [9.17, 15) is 0 Å². The van der Waals surface area contributed by atoms with E-state index in [1.807, 2.05) is 11.8 Å². The first-order valence-electron chi connectivity index (χ1n) is 4.42. The molecule has 2 nitrogen and oxygen atoms in total. The fourth-order valence-corrected chi connectivity index (χ4v) is 2.76. The van der Waals surface area contributed by atoms with E-state index in [-0.39, 0.29) is 0 Å². The Kier molecular flexibility index (Phi) is 3.90. The van der Waals surface area contributed by atoms with Gasteiger partial charge >= 0.3 is 0 Å². The van der Waals surface area contributed by atoms with E-state index in [0.29, 0.717) is 18.5 Å². The molecule has 68 valence electrons. The number of hydrogen-bond donors (Lipinski definition) is 0. The molecule has 0 aliphatic carbocycles. The number of nitriles is 1. The molecule has 12 heavy (non-hydrogen) atoms. The Morgan fingerprint density at radius 3 is 3.00 bits per heavy atom. The fourth-order valence-electron chi connectivity index (χ4n) is 1.48. The third kappa shape index (κ3) is 2.40. The highest BCUT2D eigenvalue weighted by atomic mass is 32.2. The predicted molar refractivity (Wildman–Crippen MR) is 53.2 cm³/mol. The minimum Gasteiger partial charge on any atom is -0.299 e. The molecule has 0 aromatic heterocycles. The van der Waals surface area contributed by atoms with E-state index in [4.69, 9.17) is 5.26 Å². The summed E-state index contributed by atoms with van der Waals surface area (Å²) in [6, 6.07) is 3.35. The van der Waals surface area contributed by atoms with Crippen molar-refractivity contribution in [3.8, 4) is 6.07 Å². The summed E-state index contributed by atoms with van der Waals surface area (Å²) < 4.78 is 0. The Bertz CT molecular complexity index is 170. The van der Waals surface area contributed by atoms with Crippen LogP contribution in [-0.2, 0) is 0 Å². The molecule has 0 aromatic rings. The van der Waals surface area contributed by atoms with Gasteiger partial charge < -0.3 is 0 Å². The Morgan fingerprint density at radius 2 is 2.50 bits per heavy atom. The van der Waals surface area contributed by atoms with Crippen molar-refractivity contribution in [3.05, 3.63) is 0 Å². The van der Waals surface area contributed by atoms with Gasteiger partial charge in [0.25, 0.3) is 0 Å². The van der Waals surface area contributed by atoms with Gasteiger partial charge in [0.1, 0.15) is 0 Å². The predicted octanol–water partition coefficient (Wildman–Crippen LogP) is 1.73. The van der Waals surface area contributed by atoms with Gasteiger partial charge in [-0.15, -0.1) is 0 Å². The van der Waals surface area contributed by atoms with Gasteiger partial charge in [-0.2, -0.15) is 17.0 Å². The maximum absolute atomic E-state index is 8.55. The summed E-state index contributed by atoms with van der Waals surface area (Å²) in [6.07, 6.45) is 1.94. The standard InChI is InChI=1S/C9H16N2S/c1-8(3-5-10)11(2)9-4-6-12-7-9/h8-9H,3-4,6-7H2,1-2H3. The second kappa shape index (κ2) is 4.74. The Labute approximate surface area is 78.9 Å². The molecule has 3 heteroatoms. The number of rotatable bonds is 3. The molecule has 0 radical (unpaired) electrons. The molecule has 0 aromatic carbocycles. The Balaban J connectivity index is 2.35. The van der Waals surface area contributed by atoms with Crippen molar-refractivity contribution >= 4 is 11.8 Å². The van der Waals surface area contributed by atoms with Crippen LogP contribution in [0.25, 0.3) is 0 Å². The van der Waals surface area contributed by atoms with Crippen molar-refractivity contribution in [2.24, 2.45) is 0 Å². The summed E-state index contributed by atoms with van der Waals surface area (Å²) in [6.45, 7) is 2.13. The summed E-state index contributed by atoms with van der Waals surface area (Å²) in [5.41, 5.74) is 0. The summed E-state index contributed by atoms with van der Waals surface area (Å²) in [5.74, 6) is 2.53. The number of nitrogens with zero attached hydrogens (tertiary/aromatic N) is 2. The van der Waals surface area contributed by atoms with E-state index in [0.717, 1.165) is 0 Å². The van der Waals surface area contributed by atoms with Crippen molar-refractivity contribution in [1.29, 1.82) is 5.26 Å². The van der Waals surface area contributed by atoms with Crippen molar-refractivity contribution in [3.63, 3.8) is 0 Å². The lowest BCUT2D eigenvalue weighted by molar-refractivity contribution is 0.202. The highest BCUT2D eigenvalue weighted by Gasteiger charge is 2.23. The molecule has 1 heterocycles. The second-order valence-electron chi connectivity index (χ2n) is 3.39. The van der Waals surface area contributed by atoms with Crippen LogP contribution in [-0.4, -0.2) is 35.5 Å². The van der Waals surface area contributed by atoms with Crippen molar-refractivity contribution in [2.45, 2.75) is 31.8 Å². The molecule has 1 saturated heterocycles. The third-order valence-electron chi connectivity index (χ3n) is 2.56. The van der Waals surface area contributed by atoms with Crippen LogP contribution in [0.4, 0.5) is 0 Å². The van der Waals surface area contributed by atoms with Gasteiger partial charge in [-0.3, -0.25) is 4.90 Å². The van der Waals surface area contributed by atoms with E-state index in [1.165, 1.54) is 17.9 Å². The summed E-state index contributed by atoms with van der Waals surface area (Å²) in [7, 11) is 2.14. The summed E-state index contributed by atoms with van der Waals surface area (Å²) in [4.78, 5) is 2.35. The van der Waals surface area contributed by atoms with Crippen molar-refractivity contribution in [1.82, 2.24) is 4.90 Å². The molecular formula is C9H16N2S. The van der Waals surface area contributed by atoms with Gasteiger partial charge in [-0.1, -0.05) is 0 Å². The van der Waals surface area contributed by atoms with Crippen LogP contribution in [0.2, 0.25) is 0 Å². The van der Waals surface area contributed by atoms with Crippen LogP contribution >= 0.6 is 11.8 Å². The van der Waals surface area contributed by atoms with Gasteiger partial charge in [0.15, 0.2) is 0 Å². The highest BCUT2D eigenvalue weighted by Crippen LogP contribution is 2.23. The quantitative estimate of drug-likeness (QED) is 0.668. The van der Waals surface area contributed by atoms with Gasteiger partial charge in [0, 0.05) is 17.8 Å². The van der Waals surface area contributed by atoms with Gasteiger partial charge in [-0.05, 0) is 26.1 Å². The largest absolute Gasteiger partial charge is 0.299 e. The fraction of sp³-hybridized carbons (Fsp3) is 0.889. The van der Waals surface area contributed by atoms with Crippen LogP contribution in [0, 0.1) is 11.3 Å². The van der Waals surface area contributed by atoms with Crippen LogP contribution < -0.4 is 0 Å². The highest BCUT2D eigenvalue weighted by molar-refractivity contribution is 7.99. The minimum absolute atomic E-state index is 0.415. The average molecular weight is 184 g/mol. The smallest absolute Gasteiger partial charge is 0.0638 e. The molecule has 2 atom stereocenters. The van der Waals surface area contributed by atoms with Gasteiger partial charge in [0.2, 0.25) is 0 Å². The van der Waals surface area contributed by atoms with Crippen LogP contribution in [0.15, 0.2) is 0 Å². The molecule has 0 amide bonds. The van der Waals surface area contributed by atoms with Crippen LogP contribution in [0.3, 0.4) is 0 Å². The molecule has 0 saturated carbocycles. The minimum atomic E-state index is 0.415.